The quantitative estimate of drug-likeness (QED) is 0.393. The number of aromatic nitrogens is 1. The van der Waals surface area contributed by atoms with E-state index in [1.807, 2.05) is 54.1 Å². The molecule has 0 fully saturated rings. The van der Waals surface area contributed by atoms with Gasteiger partial charge < -0.3 is 14.0 Å². The van der Waals surface area contributed by atoms with Crippen molar-refractivity contribution in [2.24, 2.45) is 12.0 Å². The second-order valence-electron chi connectivity index (χ2n) is 7.97. The lowest BCUT2D eigenvalue weighted by Crippen LogP contribution is -2.30. The molecular formula is C25H23N3O5S2. The van der Waals surface area contributed by atoms with E-state index >= 15 is 0 Å². The van der Waals surface area contributed by atoms with Gasteiger partial charge in [0.25, 0.3) is 5.91 Å². The van der Waals surface area contributed by atoms with E-state index in [0.29, 0.717) is 28.4 Å². The van der Waals surface area contributed by atoms with Crippen LogP contribution in [0.4, 0.5) is 0 Å². The highest BCUT2D eigenvalue weighted by Gasteiger charge is 2.23. The average Bonchev–Trinajstić information content (AvgIpc) is 3.45. The first-order valence-electron chi connectivity index (χ1n) is 11.0. The van der Waals surface area contributed by atoms with Crippen LogP contribution in [0.3, 0.4) is 0 Å². The van der Waals surface area contributed by atoms with Crippen LogP contribution in [-0.4, -0.2) is 36.5 Å². The minimum absolute atomic E-state index is 0.133. The fraction of sp³-hybridized carbons (Fsp3) is 0.200. The molecule has 1 aromatic heterocycles. The largest absolute Gasteiger partial charge is 0.454 e. The lowest BCUT2D eigenvalue weighted by molar-refractivity contribution is 0.0998. The fourth-order valence-corrected chi connectivity index (χ4v) is 6.31. The van der Waals surface area contributed by atoms with Gasteiger partial charge in [0.2, 0.25) is 16.8 Å². The second kappa shape index (κ2) is 9.29. The summed E-state index contributed by atoms with van der Waals surface area (Å²) in [5.74, 6) is 0.879. The van der Waals surface area contributed by atoms with Gasteiger partial charge in [-0.15, -0.1) is 0 Å². The van der Waals surface area contributed by atoms with Crippen LogP contribution < -0.4 is 14.3 Å². The summed E-state index contributed by atoms with van der Waals surface area (Å²) in [5.41, 5.74) is 2.09. The Bertz CT molecular complexity index is 1570. The number of sulfonamides is 1. The molecule has 8 nitrogen and oxygen atoms in total. The van der Waals surface area contributed by atoms with E-state index in [-0.39, 0.29) is 18.2 Å². The van der Waals surface area contributed by atoms with Crippen LogP contribution in [0.5, 0.6) is 11.5 Å². The molecule has 35 heavy (non-hydrogen) atoms. The maximum absolute atomic E-state index is 13.2. The van der Waals surface area contributed by atoms with Crippen LogP contribution >= 0.6 is 11.3 Å². The lowest BCUT2D eigenvalue weighted by Gasteiger charge is -2.20. The Kier molecular flexibility index (Phi) is 6.18. The number of carbonyl (C=O) groups excluding carboxylic acids is 1. The number of hydrogen-bond donors (Lipinski definition) is 0. The van der Waals surface area contributed by atoms with Gasteiger partial charge in [0.05, 0.1) is 15.1 Å². The number of nitrogens with zero attached hydrogens (tertiary/aromatic N) is 3. The smallest absolute Gasteiger partial charge is 0.279 e. The monoisotopic (exact) mass is 509 g/mol. The summed E-state index contributed by atoms with van der Waals surface area (Å²) in [5, 5.41) is 0. The molecule has 180 valence electrons. The Hall–Kier alpha value is -3.47. The van der Waals surface area contributed by atoms with Gasteiger partial charge in [-0.3, -0.25) is 4.79 Å². The highest BCUT2D eigenvalue weighted by atomic mass is 32.2. The van der Waals surface area contributed by atoms with E-state index in [1.165, 1.54) is 39.9 Å². The van der Waals surface area contributed by atoms with E-state index in [4.69, 9.17) is 9.47 Å². The number of benzene rings is 3. The van der Waals surface area contributed by atoms with Gasteiger partial charge in [-0.05, 0) is 29.8 Å². The number of thiazole rings is 1. The predicted octanol–water partition coefficient (Wildman–Crippen LogP) is 3.92. The molecular weight excluding hydrogens is 486 g/mol. The van der Waals surface area contributed by atoms with Crippen LogP contribution in [0.2, 0.25) is 0 Å². The van der Waals surface area contributed by atoms with E-state index in [1.54, 1.807) is 6.92 Å². The SMILES string of the molecule is CCN(Cc1ccccc1)S(=O)(=O)c1ccc(C(=O)N=c2sc3cc4c(cc3n2C)OCO4)cc1. The van der Waals surface area contributed by atoms with Crippen molar-refractivity contribution in [2.75, 3.05) is 13.3 Å². The van der Waals surface area contributed by atoms with Gasteiger partial charge in [-0.25, -0.2) is 8.42 Å². The third-order valence-corrected chi connectivity index (χ3v) is 8.82. The normalized spacial score (nSPS) is 13.6. The standard InChI is InChI=1S/C25H23N3O5S2/c1-3-28(15-17-7-5-4-6-8-17)35(30,31)19-11-9-18(10-12-19)24(29)26-25-27(2)20-13-21-22(33-16-32-21)14-23(20)34-25/h4-14H,3,15-16H2,1-2H3. The lowest BCUT2D eigenvalue weighted by atomic mass is 10.2. The molecule has 0 saturated carbocycles. The minimum atomic E-state index is -3.71. The average molecular weight is 510 g/mol. The van der Waals surface area contributed by atoms with Crippen molar-refractivity contribution < 1.29 is 22.7 Å². The van der Waals surface area contributed by atoms with E-state index in [0.717, 1.165) is 15.8 Å². The number of fused-ring (bicyclic) bond motifs is 2. The second-order valence-corrected chi connectivity index (χ2v) is 10.9. The number of rotatable bonds is 6. The highest BCUT2D eigenvalue weighted by molar-refractivity contribution is 7.89. The third kappa shape index (κ3) is 4.47. The summed E-state index contributed by atoms with van der Waals surface area (Å²) >= 11 is 1.37. The van der Waals surface area contributed by atoms with Crippen molar-refractivity contribution in [3.8, 4) is 11.5 Å². The van der Waals surface area contributed by atoms with Gasteiger partial charge >= 0.3 is 0 Å². The number of carbonyl (C=O) groups is 1. The molecule has 0 saturated heterocycles. The first kappa shape index (κ1) is 23.3. The van der Waals surface area contributed by atoms with Gasteiger partial charge in [0, 0.05) is 37.8 Å². The summed E-state index contributed by atoms with van der Waals surface area (Å²) in [6.45, 7) is 2.60. The Morgan fingerprint density at radius 3 is 2.43 bits per heavy atom. The zero-order valence-electron chi connectivity index (χ0n) is 19.2. The van der Waals surface area contributed by atoms with Crippen LogP contribution in [0.15, 0.2) is 76.6 Å². The summed E-state index contributed by atoms with van der Waals surface area (Å²) in [4.78, 5) is 17.8. The fourth-order valence-electron chi connectivity index (χ4n) is 3.85. The van der Waals surface area contributed by atoms with Crippen molar-refractivity contribution in [3.05, 3.63) is 82.7 Å². The number of ether oxygens (including phenoxy) is 2. The zero-order chi connectivity index (χ0) is 24.6. The van der Waals surface area contributed by atoms with Crippen LogP contribution in [0, 0.1) is 0 Å². The Morgan fingerprint density at radius 1 is 1.06 bits per heavy atom. The molecule has 1 aliphatic rings. The van der Waals surface area contributed by atoms with Crippen molar-refractivity contribution in [3.63, 3.8) is 0 Å². The minimum Gasteiger partial charge on any atom is -0.454 e. The number of amides is 1. The molecule has 0 spiro atoms. The van der Waals surface area contributed by atoms with Crippen molar-refractivity contribution in [2.45, 2.75) is 18.4 Å². The zero-order valence-corrected chi connectivity index (χ0v) is 20.8. The summed E-state index contributed by atoms with van der Waals surface area (Å²) in [6, 6.07) is 19.1. The number of hydrogen-bond acceptors (Lipinski definition) is 6. The Labute approximate surface area is 206 Å². The maximum atomic E-state index is 13.2. The molecule has 0 aliphatic carbocycles. The Balaban J connectivity index is 1.40. The molecule has 0 N–H and O–H groups in total. The topological polar surface area (TPSA) is 90.2 Å². The molecule has 1 amide bonds. The van der Waals surface area contributed by atoms with E-state index in [2.05, 4.69) is 4.99 Å². The molecule has 1 aliphatic heterocycles. The highest BCUT2D eigenvalue weighted by Crippen LogP contribution is 2.36. The van der Waals surface area contributed by atoms with Crippen molar-refractivity contribution in [1.82, 2.24) is 8.87 Å². The molecule has 3 aromatic carbocycles. The van der Waals surface area contributed by atoms with Gasteiger partial charge in [-0.2, -0.15) is 9.30 Å². The molecule has 5 rings (SSSR count). The van der Waals surface area contributed by atoms with Crippen LogP contribution in [0.1, 0.15) is 22.8 Å². The molecule has 0 bridgehead atoms. The molecule has 0 radical (unpaired) electrons. The van der Waals surface area contributed by atoms with Gasteiger partial charge in [0.15, 0.2) is 16.3 Å². The molecule has 10 heteroatoms. The summed E-state index contributed by atoms with van der Waals surface area (Å²) in [6.07, 6.45) is 0. The van der Waals surface area contributed by atoms with Crippen LogP contribution in [0.25, 0.3) is 10.2 Å². The third-order valence-electron chi connectivity index (χ3n) is 5.79. The number of aryl methyl sites for hydroxylation is 1. The molecule has 0 unspecified atom stereocenters. The van der Waals surface area contributed by atoms with Gasteiger partial charge in [0.1, 0.15) is 0 Å². The molecule has 0 atom stereocenters. The summed E-state index contributed by atoms with van der Waals surface area (Å²) in [7, 11) is -1.89. The Morgan fingerprint density at radius 2 is 1.74 bits per heavy atom. The van der Waals surface area contributed by atoms with E-state index < -0.39 is 15.9 Å². The summed E-state index contributed by atoms with van der Waals surface area (Å²) < 4.78 is 41.3. The molecule has 2 heterocycles. The van der Waals surface area contributed by atoms with Crippen molar-refractivity contribution >= 4 is 37.5 Å². The predicted molar refractivity (Wildman–Crippen MR) is 133 cm³/mol. The first-order valence-corrected chi connectivity index (χ1v) is 13.2. The first-order chi connectivity index (χ1) is 16.9. The van der Waals surface area contributed by atoms with Crippen molar-refractivity contribution in [1.29, 1.82) is 0 Å². The van der Waals surface area contributed by atoms with E-state index in [9.17, 15) is 13.2 Å². The maximum Gasteiger partial charge on any atom is 0.279 e. The molecule has 4 aromatic rings. The van der Waals surface area contributed by atoms with Gasteiger partial charge in [-0.1, -0.05) is 48.6 Å². The van der Waals surface area contributed by atoms with Crippen LogP contribution in [-0.2, 0) is 23.6 Å².